The van der Waals surface area contributed by atoms with E-state index in [0.717, 1.165) is 0 Å². The molecule has 0 atom stereocenters. The first-order valence-electron chi connectivity index (χ1n) is 4.89. The molecule has 1 aliphatic rings. The van der Waals surface area contributed by atoms with Crippen LogP contribution in [-0.4, -0.2) is 0 Å². The van der Waals surface area contributed by atoms with E-state index in [0.29, 0.717) is 4.32 Å². The summed E-state index contributed by atoms with van der Waals surface area (Å²) in [7, 11) is 0. The van der Waals surface area contributed by atoms with Crippen molar-refractivity contribution in [3.63, 3.8) is 0 Å². The Morgan fingerprint density at radius 3 is 1.87 bits per heavy atom. The summed E-state index contributed by atoms with van der Waals surface area (Å²) >= 11 is 3.68. The quantitative estimate of drug-likeness (QED) is 0.421. The van der Waals surface area contributed by atoms with Crippen LogP contribution in [0.5, 0.6) is 0 Å². The van der Waals surface area contributed by atoms with Crippen molar-refractivity contribution in [2.24, 2.45) is 0 Å². The van der Waals surface area contributed by atoms with Gasteiger partial charge < -0.3 is 0 Å². The van der Waals surface area contributed by atoms with Crippen LogP contribution in [-0.2, 0) is 21.4 Å². The van der Waals surface area contributed by atoms with Gasteiger partial charge in [0.25, 0.3) is 0 Å². The second-order valence-corrected chi connectivity index (χ2v) is 5.12. The van der Waals surface area contributed by atoms with Crippen LogP contribution in [0.3, 0.4) is 0 Å². The summed E-state index contributed by atoms with van der Waals surface area (Å²) in [6.07, 6.45) is 2.61. The fourth-order valence-corrected chi connectivity index (χ4v) is 1.85. The maximum absolute atomic E-state index is 3.68. The Labute approximate surface area is 110 Å². The van der Waals surface area contributed by atoms with Crippen LogP contribution >= 0.6 is 15.9 Å². The van der Waals surface area contributed by atoms with Crippen molar-refractivity contribution in [3.05, 3.63) is 60.2 Å². The molecule has 0 unspecified atom stereocenters. The van der Waals surface area contributed by atoms with Crippen molar-refractivity contribution in [1.29, 1.82) is 0 Å². The summed E-state index contributed by atoms with van der Waals surface area (Å²) in [5.74, 6) is 0. The predicted molar refractivity (Wildman–Crippen MR) is 63.9 cm³/mol. The predicted octanol–water partition coefficient (Wildman–Crippen LogP) is 4.19. The van der Waals surface area contributed by atoms with E-state index in [1.165, 1.54) is 18.4 Å². The number of alkyl halides is 1. The Hall–Kier alpha value is -0.301. The Kier molecular flexibility index (Phi) is 4.85. The standard InChI is InChI=1S/C8H8Br.C5H5.Fe/c9-8(5-6-8)7-3-1-2-4-7;1-2-4-5-3-1;/h1-4H,5-6H2;1-5H;/q2*-1;+2. The van der Waals surface area contributed by atoms with Gasteiger partial charge in [-0.2, -0.15) is 30.3 Å². The van der Waals surface area contributed by atoms with E-state index < -0.39 is 0 Å². The van der Waals surface area contributed by atoms with Crippen molar-refractivity contribution in [1.82, 2.24) is 0 Å². The number of hydrogen-bond donors (Lipinski definition) is 0. The molecule has 1 saturated carbocycles. The summed E-state index contributed by atoms with van der Waals surface area (Å²) in [6.45, 7) is 0. The van der Waals surface area contributed by atoms with Gasteiger partial charge in [-0.3, -0.25) is 0 Å². The topological polar surface area (TPSA) is 0 Å². The Morgan fingerprint density at radius 2 is 1.53 bits per heavy atom. The second kappa shape index (κ2) is 5.69. The molecule has 0 bridgehead atoms. The SMILES string of the molecule is BrC1([c-]2cccc2)CC1.[Fe+2].c1cc[cH-]c1. The largest absolute Gasteiger partial charge is 2.00 e. The molecule has 2 heteroatoms. The summed E-state index contributed by atoms with van der Waals surface area (Å²) < 4.78 is 0.385. The van der Waals surface area contributed by atoms with E-state index >= 15 is 0 Å². The molecule has 0 aromatic heterocycles. The van der Waals surface area contributed by atoms with Crippen LogP contribution < -0.4 is 0 Å². The van der Waals surface area contributed by atoms with Gasteiger partial charge >= 0.3 is 17.1 Å². The fraction of sp³-hybridized carbons (Fsp3) is 0.231. The fourth-order valence-electron chi connectivity index (χ4n) is 1.39. The van der Waals surface area contributed by atoms with E-state index in [2.05, 4.69) is 40.2 Å². The third-order valence-corrected chi connectivity index (χ3v) is 3.68. The van der Waals surface area contributed by atoms with Gasteiger partial charge in [-0.25, -0.2) is 24.3 Å². The molecule has 3 rings (SSSR count). The minimum Gasteiger partial charge on any atom is -0.214 e. The third-order valence-electron chi connectivity index (χ3n) is 2.42. The van der Waals surface area contributed by atoms with Gasteiger partial charge in [0, 0.05) is 4.32 Å². The van der Waals surface area contributed by atoms with E-state index in [9.17, 15) is 0 Å². The molecule has 15 heavy (non-hydrogen) atoms. The first-order chi connectivity index (χ1) is 6.81. The maximum atomic E-state index is 3.68. The molecule has 0 N–H and O–H groups in total. The monoisotopic (exact) mass is 304 g/mol. The van der Waals surface area contributed by atoms with Crippen molar-refractivity contribution < 1.29 is 17.1 Å². The zero-order chi connectivity index (χ0) is 9.86. The molecule has 1 aliphatic carbocycles. The molecular weight excluding hydrogens is 292 g/mol. The zero-order valence-corrected chi connectivity index (χ0v) is 11.0. The zero-order valence-electron chi connectivity index (χ0n) is 8.34. The van der Waals surface area contributed by atoms with E-state index in [1.54, 1.807) is 0 Å². The first-order valence-corrected chi connectivity index (χ1v) is 5.68. The normalized spacial score (nSPS) is 15.8. The molecule has 0 aliphatic heterocycles. The number of halogens is 1. The van der Waals surface area contributed by atoms with Crippen LogP contribution in [0.1, 0.15) is 18.4 Å². The Bertz CT molecular complexity index is 327. The molecular formula is C13H13BrFe. The molecule has 2 aromatic rings. The molecule has 0 heterocycles. The summed E-state index contributed by atoms with van der Waals surface area (Å²) in [4.78, 5) is 0. The first kappa shape index (κ1) is 12.8. The van der Waals surface area contributed by atoms with Crippen LogP contribution in [0, 0.1) is 0 Å². The Balaban J connectivity index is 0.000000162. The molecule has 0 saturated heterocycles. The smallest absolute Gasteiger partial charge is 0.214 e. The van der Waals surface area contributed by atoms with E-state index in [1.807, 2.05) is 30.3 Å². The van der Waals surface area contributed by atoms with Crippen LogP contribution in [0.4, 0.5) is 0 Å². The van der Waals surface area contributed by atoms with Gasteiger partial charge in [-0.05, 0) is 12.8 Å². The minimum absolute atomic E-state index is 0. The Morgan fingerprint density at radius 1 is 1.00 bits per heavy atom. The van der Waals surface area contributed by atoms with Gasteiger partial charge in [0.15, 0.2) is 0 Å². The average molecular weight is 305 g/mol. The van der Waals surface area contributed by atoms with E-state index in [-0.39, 0.29) is 17.1 Å². The number of rotatable bonds is 1. The average Bonchev–Trinajstić information content (AvgIpc) is 2.81. The molecule has 1 fully saturated rings. The third kappa shape index (κ3) is 3.64. The summed E-state index contributed by atoms with van der Waals surface area (Å²) in [5.41, 5.74) is 1.45. The summed E-state index contributed by atoms with van der Waals surface area (Å²) in [6, 6.07) is 18.6. The van der Waals surface area contributed by atoms with Gasteiger partial charge in [0.05, 0.1) is 0 Å². The van der Waals surface area contributed by atoms with Gasteiger partial charge in [0.1, 0.15) is 0 Å². The molecule has 0 nitrogen and oxygen atoms in total. The molecule has 0 radical (unpaired) electrons. The van der Waals surface area contributed by atoms with Crippen LogP contribution in [0.25, 0.3) is 0 Å². The molecule has 0 spiro atoms. The second-order valence-electron chi connectivity index (χ2n) is 3.60. The maximum Gasteiger partial charge on any atom is 2.00 e. The summed E-state index contributed by atoms with van der Waals surface area (Å²) in [5, 5.41) is 0. The van der Waals surface area contributed by atoms with Gasteiger partial charge in [-0.1, -0.05) is 15.9 Å². The molecule has 0 amide bonds. The van der Waals surface area contributed by atoms with Gasteiger partial charge in [0.2, 0.25) is 0 Å². The molecule has 2 aromatic carbocycles. The minimum atomic E-state index is 0. The van der Waals surface area contributed by atoms with Crippen molar-refractivity contribution in [2.45, 2.75) is 17.2 Å². The van der Waals surface area contributed by atoms with Crippen LogP contribution in [0.15, 0.2) is 54.6 Å². The number of hydrogen-bond acceptors (Lipinski definition) is 0. The van der Waals surface area contributed by atoms with Crippen molar-refractivity contribution in [2.75, 3.05) is 0 Å². The molecule has 80 valence electrons. The van der Waals surface area contributed by atoms with Crippen molar-refractivity contribution >= 4 is 15.9 Å². The van der Waals surface area contributed by atoms with E-state index in [4.69, 9.17) is 0 Å². The van der Waals surface area contributed by atoms with Crippen molar-refractivity contribution in [3.8, 4) is 0 Å². The van der Waals surface area contributed by atoms with Crippen LogP contribution in [0.2, 0.25) is 0 Å². The van der Waals surface area contributed by atoms with Gasteiger partial charge in [-0.15, -0.1) is 5.56 Å².